The van der Waals surface area contributed by atoms with Gasteiger partial charge in [-0.05, 0) is 30.5 Å². The van der Waals surface area contributed by atoms with Gasteiger partial charge in [-0.25, -0.2) is 0 Å². The molecule has 1 aromatic carbocycles. The molecule has 0 aliphatic rings. The standard InChI is InChI=1S/C24H42O2/c1-3-4-5-6-7-8-9-10-11-12-13-14-15-16-17-18-22-19-20-24(26-2)23(25)21-22/h19-21,25H,3-18H2,1-2H3. The van der Waals surface area contributed by atoms with Gasteiger partial charge in [0.05, 0.1) is 7.11 Å². The van der Waals surface area contributed by atoms with E-state index in [4.69, 9.17) is 4.74 Å². The second-order valence-corrected chi connectivity index (χ2v) is 7.71. The average Bonchev–Trinajstić information content (AvgIpc) is 2.65. The predicted molar refractivity (Wildman–Crippen MR) is 113 cm³/mol. The largest absolute Gasteiger partial charge is 0.504 e. The fraction of sp³-hybridized carbons (Fsp3) is 0.750. The molecule has 0 radical (unpaired) electrons. The fourth-order valence-electron chi connectivity index (χ4n) is 3.59. The maximum absolute atomic E-state index is 9.79. The van der Waals surface area contributed by atoms with E-state index in [0.29, 0.717) is 5.75 Å². The van der Waals surface area contributed by atoms with E-state index in [1.807, 2.05) is 12.1 Å². The number of methoxy groups -OCH3 is 1. The van der Waals surface area contributed by atoms with Crippen molar-refractivity contribution in [2.75, 3.05) is 7.11 Å². The zero-order valence-corrected chi connectivity index (χ0v) is 17.4. The van der Waals surface area contributed by atoms with Crippen LogP contribution in [-0.4, -0.2) is 12.2 Å². The van der Waals surface area contributed by atoms with Gasteiger partial charge in [0.2, 0.25) is 0 Å². The van der Waals surface area contributed by atoms with E-state index in [1.165, 1.54) is 102 Å². The molecule has 0 fully saturated rings. The Morgan fingerprint density at radius 1 is 0.692 bits per heavy atom. The summed E-state index contributed by atoms with van der Waals surface area (Å²) in [6.07, 6.45) is 22.0. The van der Waals surface area contributed by atoms with Crippen molar-refractivity contribution >= 4 is 0 Å². The average molecular weight is 363 g/mol. The summed E-state index contributed by atoms with van der Waals surface area (Å²) >= 11 is 0. The Morgan fingerprint density at radius 2 is 1.15 bits per heavy atom. The first kappa shape index (κ1) is 22.9. The summed E-state index contributed by atoms with van der Waals surface area (Å²) in [5.74, 6) is 0.816. The van der Waals surface area contributed by atoms with Crippen LogP contribution in [0.25, 0.3) is 0 Å². The highest BCUT2D eigenvalue weighted by atomic mass is 16.5. The van der Waals surface area contributed by atoms with E-state index >= 15 is 0 Å². The Bertz CT molecular complexity index is 442. The van der Waals surface area contributed by atoms with Gasteiger partial charge in [0, 0.05) is 0 Å². The van der Waals surface area contributed by atoms with Crippen LogP contribution >= 0.6 is 0 Å². The number of rotatable bonds is 17. The van der Waals surface area contributed by atoms with Crippen LogP contribution in [0.5, 0.6) is 11.5 Å². The lowest BCUT2D eigenvalue weighted by atomic mass is 10.0. The molecule has 0 amide bonds. The van der Waals surface area contributed by atoms with Crippen LogP contribution in [0.4, 0.5) is 0 Å². The number of hydrogen-bond donors (Lipinski definition) is 1. The molecule has 0 aromatic heterocycles. The van der Waals surface area contributed by atoms with Gasteiger partial charge >= 0.3 is 0 Å². The Labute approximate surface area is 162 Å². The van der Waals surface area contributed by atoms with E-state index in [0.717, 1.165) is 6.42 Å². The first-order valence-corrected chi connectivity index (χ1v) is 11.1. The molecular formula is C24H42O2. The zero-order chi connectivity index (χ0) is 18.9. The molecular weight excluding hydrogens is 320 g/mol. The third-order valence-electron chi connectivity index (χ3n) is 5.31. The summed E-state index contributed by atoms with van der Waals surface area (Å²) in [5, 5.41) is 9.79. The van der Waals surface area contributed by atoms with Crippen LogP contribution in [-0.2, 0) is 6.42 Å². The van der Waals surface area contributed by atoms with E-state index in [9.17, 15) is 5.11 Å². The van der Waals surface area contributed by atoms with Crippen LogP contribution in [0.1, 0.15) is 109 Å². The molecule has 0 heterocycles. The maximum Gasteiger partial charge on any atom is 0.160 e. The molecule has 150 valence electrons. The minimum Gasteiger partial charge on any atom is -0.504 e. The summed E-state index contributed by atoms with van der Waals surface area (Å²) in [6, 6.07) is 5.75. The van der Waals surface area contributed by atoms with Crippen molar-refractivity contribution in [2.24, 2.45) is 0 Å². The monoisotopic (exact) mass is 362 g/mol. The molecule has 0 aliphatic carbocycles. The smallest absolute Gasteiger partial charge is 0.160 e. The molecule has 0 saturated heterocycles. The highest BCUT2D eigenvalue weighted by Gasteiger charge is 2.02. The number of unbranched alkanes of at least 4 members (excludes halogenated alkanes) is 14. The quantitative estimate of drug-likeness (QED) is 0.286. The molecule has 2 nitrogen and oxygen atoms in total. The summed E-state index contributed by atoms with van der Waals surface area (Å²) < 4.78 is 5.08. The number of benzene rings is 1. The SMILES string of the molecule is CCCCCCCCCCCCCCCCCc1ccc(OC)c(O)c1. The second kappa shape index (κ2) is 16.0. The van der Waals surface area contributed by atoms with Gasteiger partial charge in [-0.1, -0.05) is 103 Å². The third kappa shape index (κ3) is 11.4. The molecule has 26 heavy (non-hydrogen) atoms. The van der Waals surface area contributed by atoms with E-state index < -0.39 is 0 Å². The van der Waals surface area contributed by atoms with Crippen molar-refractivity contribution in [3.8, 4) is 11.5 Å². The van der Waals surface area contributed by atoms with Crippen molar-refractivity contribution in [1.82, 2.24) is 0 Å². The van der Waals surface area contributed by atoms with E-state index in [1.54, 1.807) is 7.11 Å². The number of phenolic OH excluding ortho intramolecular Hbond substituents is 1. The second-order valence-electron chi connectivity index (χ2n) is 7.71. The number of aromatic hydroxyl groups is 1. The molecule has 0 aliphatic heterocycles. The molecule has 1 N–H and O–H groups in total. The molecule has 2 heteroatoms. The van der Waals surface area contributed by atoms with Gasteiger partial charge in [0.15, 0.2) is 11.5 Å². The van der Waals surface area contributed by atoms with Gasteiger partial charge < -0.3 is 9.84 Å². The molecule has 0 bridgehead atoms. The minimum absolute atomic E-state index is 0.256. The topological polar surface area (TPSA) is 29.5 Å². The summed E-state index contributed by atoms with van der Waals surface area (Å²) in [7, 11) is 1.59. The first-order chi connectivity index (χ1) is 12.8. The summed E-state index contributed by atoms with van der Waals surface area (Å²) in [5.41, 5.74) is 1.21. The lowest BCUT2D eigenvalue weighted by Crippen LogP contribution is -1.89. The Kier molecular flexibility index (Phi) is 14.1. The van der Waals surface area contributed by atoms with Gasteiger partial charge in [-0.3, -0.25) is 0 Å². The Morgan fingerprint density at radius 3 is 1.58 bits per heavy atom. The van der Waals surface area contributed by atoms with Crippen LogP contribution in [0.15, 0.2) is 18.2 Å². The molecule has 1 rings (SSSR count). The van der Waals surface area contributed by atoms with Gasteiger partial charge in [-0.2, -0.15) is 0 Å². The van der Waals surface area contributed by atoms with Crippen LogP contribution < -0.4 is 4.74 Å². The van der Waals surface area contributed by atoms with Crippen LogP contribution in [0.3, 0.4) is 0 Å². The van der Waals surface area contributed by atoms with Gasteiger partial charge in [0.1, 0.15) is 0 Å². The Balaban J connectivity index is 1.84. The number of aryl methyl sites for hydroxylation is 1. The van der Waals surface area contributed by atoms with E-state index in [-0.39, 0.29) is 5.75 Å². The first-order valence-electron chi connectivity index (χ1n) is 11.1. The summed E-state index contributed by atoms with van der Waals surface area (Å²) in [4.78, 5) is 0. The number of hydrogen-bond acceptors (Lipinski definition) is 2. The molecule has 0 unspecified atom stereocenters. The molecule has 0 saturated carbocycles. The van der Waals surface area contributed by atoms with Gasteiger partial charge in [-0.15, -0.1) is 0 Å². The van der Waals surface area contributed by atoms with Crippen molar-refractivity contribution in [1.29, 1.82) is 0 Å². The lowest BCUT2D eigenvalue weighted by molar-refractivity contribution is 0.373. The van der Waals surface area contributed by atoms with E-state index in [2.05, 4.69) is 13.0 Å². The lowest BCUT2D eigenvalue weighted by Gasteiger charge is -2.06. The molecule has 1 aromatic rings. The summed E-state index contributed by atoms with van der Waals surface area (Å²) in [6.45, 7) is 2.28. The molecule has 0 atom stereocenters. The van der Waals surface area contributed by atoms with Crippen molar-refractivity contribution in [2.45, 2.75) is 110 Å². The van der Waals surface area contributed by atoms with Gasteiger partial charge in [0.25, 0.3) is 0 Å². The third-order valence-corrected chi connectivity index (χ3v) is 5.31. The number of ether oxygens (including phenoxy) is 1. The maximum atomic E-state index is 9.79. The fourth-order valence-corrected chi connectivity index (χ4v) is 3.59. The van der Waals surface area contributed by atoms with Crippen molar-refractivity contribution in [3.05, 3.63) is 23.8 Å². The zero-order valence-electron chi connectivity index (χ0n) is 17.4. The van der Waals surface area contributed by atoms with Crippen molar-refractivity contribution in [3.63, 3.8) is 0 Å². The molecule has 0 spiro atoms. The Hall–Kier alpha value is -1.18. The normalized spacial score (nSPS) is 11.0. The van der Waals surface area contributed by atoms with Crippen molar-refractivity contribution < 1.29 is 9.84 Å². The minimum atomic E-state index is 0.256. The highest BCUT2D eigenvalue weighted by molar-refractivity contribution is 5.41. The highest BCUT2D eigenvalue weighted by Crippen LogP contribution is 2.27. The predicted octanol–water partition coefficient (Wildman–Crippen LogP) is 7.81. The van der Waals surface area contributed by atoms with Crippen LogP contribution in [0.2, 0.25) is 0 Å². The van der Waals surface area contributed by atoms with Crippen LogP contribution in [0, 0.1) is 0 Å². The number of phenols is 1.